The third-order valence-corrected chi connectivity index (χ3v) is 4.43. The van der Waals surface area contributed by atoms with E-state index in [9.17, 15) is 14.0 Å². The Kier molecular flexibility index (Phi) is 5.12. The molecule has 0 unspecified atom stereocenters. The highest BCUT2D eigenvalue weighted by atomic mass is 19.1. The summed E-state index contributed by atoms with van der Waals surface area (Å²) in [5, 5.41) is 0. The Morgan fingerprint density at radius 3 is 2.32 bits per heavy atom. The number of halogens is 1. The molecule has 0 aromatic heterocycles. The van der Waals surface area contributed by atoms with Gasteiger partial charge in [0, 0.05) is 38.7 Å². The Balaban J connectivity index is 1.61. The van der Waals surface area contributed by atoms with Crippen molar-refractivity contribution in [2.24, 2.45) is 0 Å². The van der Waals surface area contributed by atoms with E-state index in [0.29, 0.717) is 25.1 Å². The van der Waals surface area contributed by atoms with Crippen molar-refractivity contribution in [1.29, 1.82) is 0 Å². The van der Waals surface area contributed by atoms with Gasteiger partial charge in [0.25, 0.3) is 5.91 Å². The SMILES string of the molecule is CN(Cc1ccc(F)cc1)C(=O)c1ccc(CN2CCCC2=O)cc1. The summed E-state index contributed by atoms with van der Waals surface area (Å²) in [6, 6.07) is 13.5. The van der Waals surface area contributed by atoms with E-state index >= 15 is 0 Å². The number of benzene rings is 2. The first-order valence-corrected chi connectivity index (χ1v) is 8.39. The van der Waals surface area contributed by atoms with E-state index in [2.05, 4.69) is 0 Å². The van der Waals surface area contributed by atoms with E-state index in [1.54, 1.807) is 36.2 Å². The average Bonchev–Trinajstić information content (AvgIpc) is 3.02. The van der Waals surface area contributed by atoms with Gasteiger partial charge in [0.1, 0.15) is 5.82 Å². The van der Waals surface area contributed by atoms with Crippen molar-refractivity contribution in [1.82, 2.24) is 9.80 Å². The highest BCUT2D eigenvalue weighted by Crippen LogP contribution is 2.16. The van der Waals surface area contributed by atoms with Gasteiger partial charge in [0.15, 0.2) is 0 Å². The van der Waals surface area contributed by atoms with Crippen molar-refractivity contribution >= 4 is 11.8 Å². The van der Waals surface area contributed by atoms with Crippen LogP contribution in [0.3, 0.4) is 0 Å². The van der Waals surface area contributed by atoms with Crippen LogP contribution in [0.2, 0.25) is 0 Å². The molecule has 1 aliphatic rings. The summed E-state index contributed by atoms with van der Waals surface area (Å²) in [6.45, 7) is 1.82. The van der Waals surface area contributed by atoms with E-state index in [1.807, 2.05) is 17.0 Å². The van der Waals surface area contributed by atoms with Crippen LogP contribution in [0.15, 0.2) is 48.5 Å². The predicted molar refractivity (Wildman–Crippen MR) is 93.3 cm³/mol. The quantitative estimate of drug-likeness (QED) is 0.838. The Morgan fingerprint density at radius 1 is 1.08 bits per heavy atom. The summed E-state index contributed by atoms with van der Waals surface area (Å²) in [4.78, 5) is 27.6. The standard InChI is InChI=1S/C20H21FN2O2/c1-22(13-15-6-10-18(21)11-7-15)20(25)17-8-4-16(5-9-17)14-23-12-2-3-19(23)24/h4-11H,2-3,12-14H2,1H3. The van der Waals surface area contributed by atoms with Crippen molar-refractivity contribution in [2.75, 3.05) is 13.6 Å². The van der Waals surface area contributed by atoms with Crippen LogP contribution in [0.5, 0.6) is 0 Å². The Labute approximate surface area is 146 Å². The van der Waals surface area contributed by atoms with Crippen molar-refractivity contribution < 1.29 is 14.0 Å². The molecule has 0 bridgehead atoms. The Bertz CT molecular complexity index is 756. The molecular formula is C20H21FN2O2. The molecule has 1 aliphatic heterocycles. The summed E-state index contributed by atoms with van der Waals surface area (Å²) < 4.78 is 13.0. The number of likely N-dealkylation sites (tertiary alicyclic amines) is 1. The van der Waals surface area contributed by atoms with Crippen LogP contribution in [0.4, 0.5) is 4.39 Å². The largest absolute Gasteiger partial charge is 0.338 e. The van der Waals surface area contributed by atoms with E-state index in [1.165, 1.54) is 12.1 Å². The van der Waals surface area contributed by atoms with Crippen molar-refractivity contribution in [3.05, 3.63) is 71.0 Å². The topological polar surface area (TPSA) is 40.6 Å². The molecule has 1 fully saturated rings. The van der Waals surface area contributed by atoms with Gasteiger partial charge in [-0.15, -0.1) is 0 Å². The number of carbonyl (C=O) groups is 2. The number of rotatable bonds is 5. The highest BCUT2D eigenvalue weighted by molar-refractivity contribution is 5.94. The normalized spacial score (nSPS) is 14.0. The van der Waals surface area contributed by atoms with E-state index in [4.69, 9.17) is 0 Å². The zero-order valence-corrected chi connectivity index (χ0v) is 14.2. The molecule has 0 spiro atoms. The Hall–Kier alpha value is -2.69. The van der Waals surface area contributed by atoms with Gasteiger partial charge in [-0.2, -0.15) is 0 Å². The van der Waals surface area contributed by atoms with Gasteiger partial charge in [-0.25, -0.2) is 4.39 Å². The van der Waals surface area contributed by atoms with Gasteiger partial charge >= 0.3 is 0 Å². The Morgan fingerprint density at radius 2 is 1.72 bits per heavy atom. The van der Waals surface area contributed by atoms with Gasteiger partial charge in [-0.05, 0) is 41.8 Å². The maximum absolute atomic E-state index is 13.0. The summed E-state index contributed by atoms with van der Waals surface area (Å²) in [6.07, 6.45) is 1.55. The molecule has 0 radical (unpaired) electrons. The molecule has 4 nitrogen and oxygen atoms in total. The second-order valence-corrected chi connectivity index (χ2v) is 6.40. The molecule has 130 valence electrons. The maximum atomic E-state index is 13.0. The van der Waals surface area contributed by atoms with Gasteiger partial charge in [0.05, 0.1) is 0 Å². The fourth-order valence-electron chi connectivity index (χ4n) is 3.00. The molecular weight excluding hydrogens is 319 g/mol. The average molecular weight is 340 g/mol. The first-order chi connectivity index (χ1) is 12.0. The number of amides is 2. The van der Waals surface area contributed by atoms with Crippen LogP contribution >= 0.6 is 0 Å². The molecule has 0 saturated carbocycles. The van der Waals surface area contributed by atoms with Crippen LogP contribution < -0.4 is 0 Å². The summed E-state index contributed by atoms with van der Waals surface area (Å²) >= 11 is 0. The lowest BCUT2D eigenvalue weighted by Crippen LogP contribution is -2.26. The molecule has 1 heterocycles. The number of nitrogens with zero attached hydrogens (tertiary/aromatic N) is 2. The zero-order valence-electron chi connectivity index (χ0n) is 14.2. The lowest BCUT2D eigenvalue weighted by atomic mass is 10.1. The van der Waals surface area contributed by atoms with E-state index in [0.717, 1.165) is 24.1 Å². The summed E-state index contributed by atoms with van der Waals surface area (Å²) in [5.74, 6) is -0.183. The van der Waals surface area contributed by atoms with Gasteiger partial charge in [0.2, 0.25) is 5.91 Å². The first kappa shape index (κ1) is 17.1. The lowest BCUT2D eigenvalue weighted by molar-refractivity contribution is -0.128. The van der Waals surface area contributed by atoms with Crippen molar-refractivity contribution in [2.45, 2.75) is 25.9 Å². The monoisotopic (exact) mass is 340 g/mol. The summed E-state index contributed by atoms with van der Waals surface area (Å²) in [7, 11) is 1.72. The number of hydrogen-bond donors (Lipinski definition) is 0. The third-order valence-electron chi connectivity index (χ3n) is 4.43. The van der Waals surface area contributed by atoms with Crippen molar-refractivity contribution in [3.63, 3.8) is 0 Å². The van der Waals surface area contributed by atoms with Gasteiger partial charge < -0.3 is 9.80 Å². The summed E-state index contributed by atoms with van der Waals surface area (Å²) in [5.41, 5.74) is 2.50. The molecule has 3 rings (SSSR count). The second kappa shape index (κ2) is 7.47. The van der Waals surface area contributed by atoms with Crippen LogP contribution in [-0.2, 0) is 17.9 Å². The zero-order chi connectivity index (χ0) is 17.8. The van der Waals surface area contributed by atoms with Gasteiger partial charge in [-0.3, -0.25) is 9.59 Å². The molecule has 25 heavy (non-hydrogen) atoms. The van der Waals surface area contributed by atoms with Crippen LogP contribution in [0.25, 0.3) is 0 Å². The van der Waals surface area contributed by atoms with Crippen LogP contribution in [0, 0.1) is 5.82 Å². The number of hydrogen-bond acceptors (Lipinski definition) is 2. The van der Waals surface area contributed by atoms with E-state index < -0.39 is 0 Å². The molecule has 0 atom stereocenters. The maximum Gasteiger partial charge on any atom is 0.253 e. The predicted octanol–water partition coefficient (Wildman–Crippen LogP) is 3.22. The molecule has 0 N–H and O–H groups in total. The smallest absolute Gasteiger partial charge is 0.253 e. The van der Waals surface area contributed by atoms with Crippen molar-refractivity contribution in [3.8, 4) is 0 Å². The molecule has 2 aromatic rings. The second-order valence-electron chi connectivity index (χ2n) is 6.40. The molecule has 5 heteroatoms. The number of carbonyl (C=O) groups excluding carboxylic acids is 2. The third kappa shape index (κ3) is 4.24. The van der Waals surface area contributed by atoms with Crippen LogP contribution in [0.1, 0.15) is 34.3 Å². The molecule has 1 saturated heterocycles. The van der Waals surface area contributed by atoms with E-state index in [-0.39, 0.29) is 17.6 Å². The fraction of sp³-hybridized carbons (Fsp3) is 0.300. The lowest BCUT2D eigenvalue weighted by Gasteiger charge is -2.18. The molecule has 2 aromatic carbocycles. The minimum Gasteiger partial charge on any atom is -0.338 e. The molecule has 2 amide bonds. The fourth-order valence-corrected chi connectivity index (χ4v) is 3.00. The highest BCUT2D eigenvalue weighted by Gasteiger charge is 2.20. The first-order valence-electron chi connectivity index (χ1n) is 8.39. The minimum atomic E-state index is -0.287. The van der Waals surface area contributed by atoms with Gasteiger partial charge in [-0.1, -0.05) is 24.3 Å². The van der Waals surface area contributed by atoms with Crippen LogP contribution in [-0.4, -0.2) is 35.2 Å². The minimum absolute atomic E-state index is 0.0897. The molecule has 0 aliphatic carbocycles.